The van der Waals surface area contributed by atoms with Gasteiger partial charge in [-0.1, -0.05) is 0 Å². The molecule has 168 valence electrons. The second kappa shape index (κ2) is 9.78. The number of rotatable bonds is 7. The van der Waals surface area contributed by atoms with Crippen molar-refractivity contribution in [3.05, 3.63) is 59.9 Å². The minimum atomic E-state index is 0.0452. The predicted molar refractivity (Wildman–Crippen MR) is 119 cm³/mol. The molecule has 3 aromatic rings. The molecule has 1 aliphatic heterocycles. The lowest BCUT2D eigenvalue weighted by Crippen LogP contribution is -2.48. The van der Waals surface area contributed by atoms with Crippen LogP contribution in [0.4, 0.5) is 0 Å². The van der Waals surface area contributed by atoms with Crippen molar-refractivity contribution in [2.45, 2.75) is 26.5 Å². The number of piperazine rings is 1. The van der Waals surface area contributed by atoms with E-state index in [4.69, 9.17) is 9.47 Å². The molecule has 0 radical (unpaired) electrons. The minimum Gasteiger partial charge on any atom is -0.497 e. The molecule has 32 heavy (non-hydrogen) atoms. The second-order valence-corrected chi connectivity index (χ2v) is 7.96. The summed E-state index contributed by atoms with van der Waals surface area (Å²) < 4.78 is 12.6. The summed E-state index contributed by atoms with van der Waals surface area (Å²) in [5.41, 5.74) is 1.56. The third kappa shape index (κ3) is 5.05. The van der Waals surface area contributed by atoms with Crippen LogP contribution in [0.15, 0.2) is 48.5 Å². The molecule has 1 saturated heterocycles. The first kappa shape index (κ1) is 21.8. The molecule has 0 atom stereocenters. The molecular formula is C23H28N6O3. The van der Waals surface area contributed by atoms with Gasteiger partial charge in [-0.3, -0.25) is 9.69 Å². The molecule has 1 amide bonds. The Morgan fingerprint density at radius 2 is 1.62 bits per heavy atom. The maximum atomic E-state index is 12.9. The van der Waals surface area contributed by atoms with Crippen LogP contribution in [0.1, 0.15) is 30.0 Å². The van der Waals surface area contributed by atoms with Crippen molar-refractivity contribution >= 4 is 5.91 Å². The third-order valence-corrected chi connectivity index (χ3v) is 5.35. The van der Waals surface area contributed by atoms with Gasteiger partial charge in [0.25, 0.3) is 5.91 Å². The van der Waals surface area contributed by atoms with E-state index in [9.17, 15) is 4.79 Å². The number of amides is 1. The molecule has 0 saturated carbocycles. The summed E-state index contributed by atoms with van der Waals surface area (Å²) in [7, 11) is 1.64. The Hall–Kier alpha value is -3.46. The fourth-order valence-electron chi connectivity index (χ4n) is 3.67. The van der Waals surface area contributed by atoms with Crippen molar-refractivity contribution in [1.82, 2.24) is 30.0 Å². The number of hydrogen-bond acceptors (Lipinski definition) is 7. The largest absolute Gasteiger partial charge is 0.497 e. The van der Waals surface area contributed by atoms with Crippen molar-refractivity contribution in [2.24, 2.45) is 0 Å². The zero-order valence-electron chi connectivity index (χ0n) is 18.6. The van der Waals surface area contributed by atoms with Crippen LogP contribution < -0.4 is 9.47 Å². The van der Waals surface area contributed by atoms with Gasteiger partial charge < -0.3 is 14.4 Å². The summed E-state index contributed by atoms with van der Waals surface area (Å²) >= 11 is 0. The summed E-state index contributed by atoms with van der Waals surface area (Å²) in [6, 6.07) is 15.0. The van der Waals surface area contributed by atoms with Gasteiger partial charge in [0.1, 0.15) is 11.5 Å². The summed E-state index contributed by atoms with van der Waals surface area (Å²) in [6.07, 6.45) is 0.107. The Balaban J connectivity index is 1.33. The molecule has 0 N–H and O–H groups in total. The number of benzene rings is 2. The maximum absolute atomic E-state index is 12.9. The van der Waals surface area contributed by atoms with Crippen LogP contribution in [0, 0.1) is 0 Å². The topological polar surface area (TPSA) is 85.6 Å². The van der Waals surface area contributed by atoms with E-state index >= 15 is 0 Å². The van der Waals surface area contributed by atoms with Gasteiger partial charge in [0, 0.05) is 31.7 Å². The quantitative estimate of drug-likeness (QED) is 0.562. The maximum Gasteiger partial charge on any atom is 0.253 e. The third-order valence-electron chi connectivity index (χ3n) is 5.35. The molecule has 1 fully saturated rings. The molecule has 9 nitrogen and oxygen atoms in total. The number of aromatic nitrogens is 4. The minimum absolute atomic E-state index is 0.0452. The van der Waals surface area contributed by atoms with E-state index in [0.717, 1.165) is 36.1 Å². The Kier molecular flexibility index (Phi) is 6.65. The molecule has 2 aromatic carbocycles. The van der Waals surface area contributed by atoms with E-state index in [0.29, 0.717) is 25.2 Å². The van der Waals surface area contributed by atoms with Gasteiger partial charge in [0.15, 0.2) is 5.82 Å². The number of carbonyl (C=O) groups is 1. The highest BCUT2D eigenvalue weighted by Gasteiger charge is 2.23. The van der Waals surface area contributed by atoms with E-state index in [-0.39, 0.29) is 12.0 Å². The number of methoxy groups -OCH3 is 1. The first-order chi connectivity index (χ1) is 15.5. The van der Waals surface area contributed by atoms with Gasteiger partial charge in [-0.2, -0.15) is 4.68 Å². The van der Waals surface area contributed by atoms with Crippen LogP contribution in [0.3, 0.4) is 0 Å². The highest BCUT2D eigenvalue weighted by atomic mass is 16.5. The lowest BCUT2D eigenvalue weighted by atomic mass is 10.1. The zero-order chi connectivity index (χ0) is 22.5. The first-order valence-electron chi connectivity index (χ1n) is 10.7. The number of tetrazole rings is 1. The van der Waals surface area contributed by atoms with Gasteiger partial charge in [-0.25, -0.2) is 0 Å². The number of hydrogen-bond donors (Lipinski definition) is 0. The Labute approximate surface area is 187 Å². The standard InChI is InChI=1S/C23H28N6O3/c1-17(2)32-21-8-4-18(5-9-21)23(30)28-14-12-27(13-15-28)16-22-24-25-26-29(22)19-6-10-20(31-3)11-7-19/h4-11,17H,12-16H2,1-3H3. The van der Waals surface area contributed by atoms with Crippen molar-refractivity contribution < 1.29 is 14.3 Å². The molecule has 2 heterocycles. The van der Waals surface area contributed by atoms with Gasteiger partial charge in [0.2, 0.25) is 0 Å². The smallest absolute Gasteiger partial charge is 0.253 e. The summed E-state index contributed by atoms with van der Waals surface area (Å²) in [6.45, 7) is 7.41. The Morgan fingerprint density at radius 1 is 0.969 bits per heavy atom. The molecule has 0 unspecified atom stereocenters. The number of carbonyl (C=O) groups excluding carboxylic acids is 1. The molecule has 1 aliphatic rings. The number of nitrogens with zero attached hydrogens (tertiary/aromatic N) is 6. The molecule has 9 heteroatoms. The number of ether oxygens (including phenoxy) is 2. The van der Waals surface area contributed by atoms with Crippen molar-refractivity contribution in [3.8, 4) is 17.2 Å². The second-order valence-electron chi connectivity index (χ2n) is 7.96. The van der Waals surface area contributed by atoms with Crippen LogP contribution in [-0.2, 0) is 6.54 Å². The van der Waals surface area contributed by atoms with Crippen molar-refractivity contribution in [1.29, 1.82) is 0 Å². The van der Waals surface area contributed by atoms with Crippen LogP contribution in [0.25, 0.3) is 5.69 Å². The summed E-state index contributed by atoms with van der Waals surface area (Å²) in [5, 5.41) is 12.2. The van der Waals surface area contributed by atoms with Crippen LogP contribution in [0.2, 0.25) is 0 Å². The highest BCUT2D eigenvalue weighted by molar-refractivity contribution is 5.94. The normalized spacial score (nSPS) is 14.6. The van der Waals surface area contributed by atoms with E-state index in [1.54, 1.807) is 11.8 Å². The lowest BCUT2D eigenvalue weighted by molar-refractivity contribution is 0.0624. The molecule has 4 rings (SSSR count). The Bertz CT molecular complexity index is 1020. The van der Waals surface area contributed by atoms with Gasteiger partial charge in [0.05, 0.1) is 25.4 Å². The van der Waals surface area contributed by atoms with Crippen LogP contribution >= 0.6 is 0 Å². The van der Waals surface area contributed by atoms with Crippen molar-refractivity contribution in [2.75, 3.05) is 33.3 Å². The molecular weight excluding hydrogens is 408 g/mol. The van der Waals surface area contributed by atoms with E-state index in [1.165, 1.54) is 0 Å². The lowest BCUT2D eigenvalue weighted by Gasteiger charge is -2.34. The van der Waals surface area contributed by atoms with Gasteiger partial charge in [-0.05, 0) is 72.8 Å². The average Bonchev–Trinajstić information content (AvgIpc) is 3.27. The first-order valence-corrected chi connectivity index (χ1v) is 10.7. The predicted octanol–water partition coefficient (Wildman–Crippen LogP) is 2.42. The van der Waals surface area contributed by atoms with Gasteiger partial charge in [-0.15, -0.1) is 5.10 Å². The van der Waals surface area contributed by atoms with Gasteiger partial charge >= 0.3 is 0 Å². The van der Waals surface area contributed by atoms with E-state index < -0.39 is 0 Å². The molecule has 0 aliphatic carbocycles. The molecule has 0 spiro atoms. The Morgan fingerprint density at radius 3 is 2.25 bits per heavy atom. The highest BCUT2D eigenvalue weighted by Crippen LogP contribution is 2.18. The summed E-state index contributed by atoms with van der Waals surface area (Å²) in [5.74, 6) is 2.36. The molecule has 1 aromatic heterocycles. The van der Waals surface area contributed by atoms with Crippen molar-refractivity contribution in [3.63, 3.8) is 0 Å². The fraction of sp³-hybridized carbons (Fsp3) is 0.391. The van der Waals surface area contributed by atoms with Crippen LogP contribution in [-0.4, -0.2) is 75.3 Å². The van der Waals surface area contributed by atoms with Crippen LogP contribution in [0.5, 0.6) is 11.5 Å². The monoisotopic (exact) mass is 436 g/mol. The van der Waals surface area contributed by atoms with E-state index in [2.05, 4.69) is 20.4 Å². The SMILES string of the molecule is COc1ccc(-n2nnnc2CN2CCN(C(=O)c3ccc(OC(C)C)cc3)CC2)cc1. The zero-order valence-corrected chi connectivity index (χ0v) is 18.6. The fourth-order valence-corrected chi connectivity index (χ4v) is 3.67. The summed E-state index contributed by atoms with van der Waals surface area (Å²) in [4.78, 5) is 17.0. The molecule has 0 bridgehead atoms. The average molecular weight is 437 g/mol. The van der Waals surface area contributed by atoms with E-state index in [1.807, 2.05) is 67.3 Å².